The van der Waals surface area contributed by atoms with Crippen LogP contribution in [0.2, 0.25) is 0 Å². The summed E-state index contributed by atoms with van der Waals surface area (Å²) in [6, 6.07) is 11.0. The molecule has 0 radical (unpaired) electrons. The van der Waals surface area contributed by atoms with E-state index in [9.17, 15) is 9.90 Å². The molecule has 1 aliphatic carbocycles. The third-order valence-corrected chi connectivity index (χ3v) is 4.66. The summed E-state index contributed by atoms with van der Waals surface area (Å²) in [5.41, 5.74) is 0.834. The molecule has 3 N–H and O–H groups in total. The molecule has 5 heteroatoms. The number of phenolic OH excluding ortho intramolecular Hbond substituents is 1. The second-order valence-corrected chi connectivity index (χ2v) is 6.13. The van der Waals surface area contributed by atoms with Crippen molar-refractivity contribution in [2.75, 3.05) is 6.54 Å². The second-order valence-electron chi connectivity index (χ2n) is 6.13. The van der Waals surface area contributed by atoms with E-state index in [4.69, 9.17) is 4.42 Å². The van der Waals surface area contributed by atoms with Crippen molar-refractivity contribution in [1.82, 2.24) is 10.6 Å². The highest BCUT2D eigenvalue weighted by Gasteiger charge is 2.40. The molecule has 1 aliphatic heterocycles. The smallest absolute Gasteiger partial charge is 0.287 e. The van der Waals surface area contributed by atoms with Gasteiger partial charge in [-0.15, -0.1) is 0 Å². The number of furan rings is 1. The highest BCUT2D eigenvalue weighted by Crippen LogP contribution is 2.31. The molecule has 1 amide bonds. The van der Waals surface area contributed by atoms with Crippen LogP contribution in [0.25, 0.3) is 11.3 Å². The van der Waals surface area contributed by atoms with Gasteiger partial charge in [0, 0.05) is 24.2 Å². The average molecular weight is 298 g/mol. The third kappa shape index (κ3) is 2.37. The van der Waals surface area contributed by atoms with Crippen LogP contribution in [0, 0.1) is 5.92 Å². The molecule has 3 unspecified atom stereocenters. The molecule has 1 saturated carbocycles. The maximum absolute atomic E-state index is 12.3. The first kappa shape index (κ1) is 13.4. The minimum atomic E-state index is -0.150. The van der Waals surface area contributed by atoms with Gasteiger partial charge in [-0.25, -0.2) is 0 Å². The molecule has 4 rings (SSSR count). The van der Waals surface area contributed by atoms with Crippen molar-refractivity contribution in [3.63, 3.8) is 0 Å². The van der Waals surface area contributed by atoms with E-state index in [1.807, 2.05) is 0 Å². The number of amides is 1. The van der Waals surface area contributed by atoms with E-state index < -0.39 is 0 Å². The summed E-state index contributed by atoms with van der Waals surface area (Å²) >= 11 is 0. The highest BCUT2D eigenvalue weighted by atomic mass is 16.3. The van der Waals surface area contributed by atoms with Crippen molar-refractivity contribution in [3.8, 4) is 17.1 Å². The van der Waals surface area contributed by atoms with Gasteiger partial charge in [-0.3, -0.25) is 4.79 Å². The monoisotopic (exact) mass is 298 g/mol. The Morgan fingerprint density at radius 1 is 1.18 bits per heavy atom. The number of aromatic hydroxyl groups is 1. The Labute approximate surface area is 128 Å². The number of fused-ring (bicyclic) bond motifs is 2. The molecule has 2 fully saturated rings. The lowest BCUT2D eigenvalue weighted by Crippen LogP contribution is -2.44. The largest absolute Gasteiger partial charge is 0.508 e. The van der Waals surface area contributed by atoms with Gasteiger partial charge in [0.15, 0.2) is 5.76 Å². The molecule has 1 saturated heterocycles. The fraction of sp³-hybridized carbons (Fsp3) is 0.353. The van der Waals surface area contributed by atoms with E-state index in [0.29, 0.717) is 23.5 Å². The summed E-state index contributed by atoms with van der Waals surface area (Å²) < 4.78 is 5.65. The molecule has 2 heterocycles. The van der Waals surface area contributed by atoms with Crippen molar-refractivity contribution >= 4 is 5.91 Å². The van der Waals surface area contributed by atoms with Gasteiger partial charge in [0.2, 0.25) is 0 Å². The molecule has 2 aliphatic rings. The minimum absolute atomic E-state index is 0.150. The summed E-state index contributed by atoms with van der Waals surface area (Å²) in [6.07, 6.45) is 2.16. The standard InChI is InChI=1S/C17H18N2O3/c20-13-3-1-10(2-4-13)15-5-6-16(22-15)17(21)19-14-8-12-7-11(14)9-18-12/h1-6,11-12,14,18,20H,7-9H2,(H,19,21). The number of hydrogen-bond acceptors (Lipinski definition) is 4. The zero-order valence-electron chi connectivity index (χ0n) is 12.1. The summed E-state index contributed by atoms with van der Waals surface area (Å²) in [4.78, 5) is 12.3. The van der Waals surface area contributed by atoms with Crippen LogP contribution in [0.4, 0.5) is 0 Å². The van der Waals surface area contributed by atoms with Crippen molar-refractivity contribution in [2.24, 2.45) is 5.92 Å². The van der Waals surface area contributed by atoms with E-state index in [2.05, 4.69) is 10.6 Å². The quantitative estimate of drug-likeness (QED) is 0.811. The summed E-state index contributed by atoms with van der Waals surface area (Å²) in [5, 5.41) is 15.8. The van der Waals surface area contributed by atoms with E-state index in [1.165, 1.54) is 0 Å². The lowest BCUT2D eigenvalue weighted by molar-refractivity contribution is 0.0897. The summed E-state index contributed by atoms with van der Waals surface area (Å²) in [7, 11) is 0. The van der Waals surface area contributed by atoms with Gasteiger partial charge >= 0.3 is 0 Å². The van der Waals surface area contributed by atoms with Crippen LogP contribution in [-0.2, 0) is 0 Å². The SMILES string of the molecule is O=C(NC1CC2CC1CN2)c1ccc(-c2ccc(O)cc2)o1. The van der Waals surface area contributed by atoms with Gasteiger partial charge in [0.1, 0.15) is 11.5 Å². The van der Waals surface area contributed by atoms with Crippen LogP contribution in [0.5, 0.6) is 5.75 Å². The topological polar surface area (TPSA) is 74.5 Å². The molecule has 1 aromatic heterocycles. The Hall–Kier alpha value is -2.27. The first-order valence-corrected chi connectivity index (χ1v) is 7.62. The molecule has 2 bridgehead atoms. The lowest BCUT2D eigenvalue weighted by Gasteiger charge is -2.22. The van der Waals surface area contributed by atoms with Crippen molar-refractivity contribution in [2.45, 2.75) is 24.9 Å². The number of carbonyl (C=O) groups is 1. The molecule has 5 nitrogen and oxygen atoms in total. The minimum Gasteiger partial charge on any atom is -0.508 e. The van der Waals surface area contributed by atoms with Gasteiger partial charge in [-0.05, 0) is 55.2 Å². The Bertz CT molecular complexity index is 692. The maximum Gasteiger partial charge on any atom is 0.287 e. The normalized spacial score (nSPS) is 26.3. The van der Waals surface area contributed by atoms with Gasteiger partial charge in [-0.1, -0.05) is 0 Å². The predicted octanol–water partition coefficient (Wildman–Crippen LogP) is 2.13. The Morgan fingerprint density at radius 2 is 2.00 bits per heavy atom. The van der Waals surface area contributed by atoms with Gasteiger partial charge in [-0.2, -0.15) is 0 Å². The average Bonchev–Trinajstić information content (AvgIpc) is 3.24. The van der Waals surface area contributed by atoms with Crippen LogP contribution in [-0.4, -0.2) is 29.6 Å². The Kier molecular flexibility index (Phi) is 3.15. The summed E-state index contributed by atoms with van der Waals surface area (Å²) in [6.45, 7) is 0.993. The van der Waals surface area contributed by atoms with Crippen LogP contribution in [0.3, 0.4) is 0 Å². The maximum atomic E-state index is 12.3. The number of phenols is 1. The molecule has 114 valence electrons. The number of piperidine rings is 1. The fourth-order valence-electron chi connectivity index (χ4n) is 3.49. The van der Waals surface area contributed by atoms with Crippen LogP contribution < -0.4 is 10.6 Å². The number of rotatable bonds is 3. The van der Waals surface area contributed by atoms with Crippen LogP contribution in [0.15, 0.2) is 40.8 Å². The molecular weight excluding hydrogens is 280 g/mol. The van der Waals surface area contributed by atoms with E-state index in [1.54, 1.807) is 36.4 Å². The first-order chi connectivity index (χ1) is 10.7. The second kappa shape index (κ2) is 5.18. The lowest BCUT2D eigenvalue weighted by atomic mass is 10.0. The molecule has 0 spiro atoms. The highest BCUT2D eigenvalue weighted by molar-refractivity contribution is 5.92. The van der Waals surface area contributed by atoms with E-state index in [0.717, 1.165) is 24.9 Å². The first-order valence-electron chi connectivity index (χ1n) is 7.62. The molecule has 3 atom stereocenters. The van der Waals surface area contributed by atoms with E-state index in [-0.39, 0.29) is 17.7 Å². The van der Waals surface area contributed by atoms with Crippen molar-refractivity contribution in [3.05, 3.63) is 42.2 Å². The molecule has 1 aromatic carbocycles. The van der Waals surface area contributed by atoms with Gasteiger partial charge < -0.3 is 20.2 Å². The Morgan fingerprint density at radius 3 is 2.68 bits per heavy atom. The van der Waals surface area contributed by atoms with Gasteiger partial charge in [0.25, 0.3) is 5.91 Å². The zero-order valence-corrected chi connectivity index (χ0v) is 12.1. The van der Waals surface area contributed by atoms with Crippen LogP contribution in [0.1, 0.15) is 23.4 Å². The molecule has 22 heavy (non-hydrogen) atoms. The number of benzene rings is 1. The van der Waals surface area contributed by atoms with Crippen LogP contribution >= 0.6 is 0 Å². The number of hydrogen-bond donors (Lipinski definition) is 3. The third-order valence-electron chi connectivity index (χ3n) is 4.66. The molecular formula is C17H18N2O3. The number of nitrogens with one attached hydrogen (secondary N) is 2. The predicted molar refractivity (Wildman–Crippen MR) is 81.6 cm³/mol. The fourth-order valence-corrected chi connectivity index (χ4v) is 3.49. The molecule has 2 aromatic rings. The van der Waals surface area contributed by atoms with Crippen molar-refractivity contribution < 1.29 is 14.3 Å². The number of carbonyl (C=O) groups excluding carboxylic acids is 1. The van der Waals surface area contributed by atoms with E-state index >= 15 is 0 Å². The summed E-state index contributed by atoms with van der Waals surface area (Å²) in [5.74, 6) is 1.56. The van der Waals surface area contributed by atoms with Gasteiger partial charge in [0.05, 0.1) is 0 Å². The Balaban J connectivity index is 1.46. The zero-order chi connectivity index (χ0) is 15.1. The van der Waals surface area contributed by atoms with Crippen molar-refractivity contribution in [1.29, 1.82) is 0 Å².